The molecule has 4 rings (SSSR count). The van der Waals surface area contributed by atoms with Crippen LogP contribution in [0.2, 0.25) is 0 Å². The lowest BCUT2D eigenvalue weighted by Gasteiger charge is -2.15. The van der Waals surface area contributed by atoms with Gasteiger partial charge in [0.2, 0.25) is 5.91 Å². The highest BCUT2D eigenvalue weighted by atomic mass is 32.2. The van der Waals surface area contributed by atoms with Gasteiger partial charge in [0.25, 0.3) is 0 Å². The number of nitrogens with zero attached hydrogens (tertiary/aromatic N) is 2. The van der Waals surface area contributed by atoms with E-state index in [0.29, 0.717) is 12.3 Å². The van der Waals surface area contributed by atoms with Gasteiger partial charge in [0.15, 0.2) is 5.16 Å². The number of carbonyl (C=O) groups excluding carboxylic acids is 1. The summed E-state index contributed by atoms with van der Waals surface area (Å²) in [4.78, 5) is 17.0. The first-order valence-corrected chi connectivity index (χ1v) is 9.87. The van der Waals surface area contributed by atoms with Crippen molar-refractivity contribution < 1.29 is 9.21 Å². The number of thioether (sulfide) groups is 1. The first-order chi connectivity index (χ1) is 12.8. The number of amides is 1. The summed E-state index contributed by atoms with van der Waals surface area (Å²) in [5.74, 6) is 1.07. The van der Waals surface area contributed by atoms with Crippen LogP contribution >= 0.6 is 11.8 Å². The van der Waals surface area contributed by atoms with Gasteiger partial charge in [0, 0.05) is 11.4 Å². The molecule has 1 aliphatic carbocycles. The van der Waals surface area contributed by atoms with Crippen LogP contribution in [0.4, 0.5) is 0 Å². The Morgan fingerprint density at radius 3 is 2.81 bits per heavy atom. The number of hydrogen-bond acceptors (Lipinski definition) is 4. The molecule has 6 heteroatoms. The molecule has 0 fully saturated rings. The van der Waals surface area contributed by atoms with Gasteiger partial charge in [0.05, 0.1) is 24.3 Å². The van der Waals surface area contributed by atoms with E-state index < -0.39 is 0 Å². The molecule has 1 aliphatic rings. The Hall–Kier alpha value is -2.47. The highest BCUT2D eigenvalue weighted by Gasteiger charge is 2.21. The van der Waals surface area contributed by atoms with Crippen LogP contribution in [0.25, 0.3) is 5.69 Å². The molecule has 0 unspecified atom stereocenters. The number of furan rings is 1. The summed E-state index contributed by atoms with van der Waals surface area (Å²) in [7, 11) is 0. The van der Waals surface area contributed by atoms with Crippen molar-refractivity contribution in [2.75, 3.05) is 5.75 Å². The zero-order chi connectivity index (χ0) is 17.8. The molecule has 26 heavy (non-hydrogen) atoms. The van der Waals surface area contributed by atoms with Crippen molar-refractivity contribution in [1.82, 2.24) is 14.9 Å². The molecule has 0 atom stereocenters. The van der Waals surface area contributed by atoms with Gasteiger partial charge in [-0.2, -0.15) is 0 Å². The summed E-state index contributed by atoms with van der Waals surface area (Å²) in [6, 6.07) is 13.9. The summed E-state index contributed by atoms with van der Waals surface area (Å²) in [6.45, 7) is 0.413. The highest BCUT2D eigenvalue weighted by Crippen LogP contribution is 2.30. The molecule has 2 heterocycles. The average molecular weight is 367 g/mol. The average Bonchev–Trinajstić information content (AvgIpc) is 3.32. The van der Waals surface area contributed by atoms with Crippen LogP contribution < -0.4 is 5.32 Å². The van der Waals surface area contributed by atoms with E-state index in [-0.39, 0.29) is 5.91 Å². The number of rotatable bonds is 6. The predicted octanol–water partition coefficient (Wildman–Crippen LogP) is 3.75. The van der Waals surface area contributed by atoms with E-state index in [4.69, 9.17) is 9.40 Å². The van der Waals surface area contributed by atoms with Crippen LogP contribution in [0, 0.1) is 0 Å². The standard InChI is InChI=1S/C20H21N3O2S/c24-19(21-13-16-9-6-12-25-16)14-26-20-22-17-10-4-5-11-18(17)23(20)15-7-2-1-3-8-15/h1-3,6-9,12H,4-5,10-11,13-14H2,(H,21,24). The molecular formula is C20H21N3O2S. The Morgan fingerprint density at radius 1 is 1.15 bits per heavy atom. The van der Waals surface area contributed by atoms with E-state index in [0.717, 1.165) is 29.4 Å². The number of carbonyl (C=O) groups is 1. The van der Waals surface area contributed by atoms with Crippen molar-refractivity contribution in [3.63, 3.8) is 0 Å². The monoisotopic (exact) mass is 367 g/mol. The second kappa shape index (κ2) is 7.83. The molecule has 1 aromatic carbocycles. The second-order valence-corrected chi connectivity index (χ2v) is 7.25. The molecule has 2 aromatic heterocycles. The summed E-state index contributed by atoms with van der Waals surface area (Å²) in [6.07, 6.45) is 6.05. The van der Waals surface area contributed by atoms with Crippen LogP contribution in [0.3, 0.4) is 0 Å². The molecular weight excluding hydrogens is 346 g/mol. The maximum atomic E-state index is 12.2. The summed E-state index contributed by atoms with van der Waals surface area (Å²) in [5, 5.41) is 3.79. The number of aromatic nitrogens is 2. The van der Waals surface area contributed by atoms with E-state index in [1.54, 1.807) is 6.26 Å². The lowest BCUT2D eigenvalue weighted by atomic mass is 10.0. The molecule has 0 spiro atoms. The maximum Gasteiger partial charge on any atom is 0.230 e. The van der Waals surface area contributed by atoms with E-state index in [1.165, 1.54) is 36.0 Å². The molecule has 1 amide bonds. The number of fused-ring (bicyclic) bond motifs is 1. The third-order valence-corrected chi connectivity index (χ3v) is 5.43. The minimum Gasteiger partial charge on any atom is -0.467 e. The number of hydrogen-bond donors (Lipinski definition) is 1. The Kier molecular flexibility index (Phi) is 5.11. The normalized spacial score (nSPS) is 13.4. The molecule has 134 valence electrons. The van der Waals surface area contributed by atoms with Crippen LogP contribution in [-0.2, 0) is 24.2 Å². The molecule has 0 bridgehead atoms. The van der Waals surface area contributed by atoms with Crippen molar-refractivity contribution in [1.29, 1.82) is 0 Å². The first-order valence-electron chi connectivity index (χ1n) is 8.89. The smallest absolute Gasteiger partial charge is 0.230 e. The predicted molar refractivity (Wildman–Crippen MR) is 101 cm³/mol. The Balaban J connectivity index is 1.49. The lowest BCUT2D eigenvalue weighted by molar-refractivity contribution is -0.118. The summed E-state index contributed by atoms with van der Waals surface area (Å²) >= 11 is 1.49. The van der Waals surface area contributed by atoms with E-state index in [2.05, 4.69) is 22.0 Å². The van der Waals surface area contributed by atoms with Gasteiger partial charge < -0.3 is 9.73 Å². The maximum absolute atomic E-state index is 12.2. The second-order valence-electron chi connectivity index (χ2n) is 6.31. The molecule has 0 radical (unpaired) electrons. The van der Waals surface area contributed by atoms with Crippen molar-refractivity contribution in [2.45, 2.75) is 37.4 Å². The molecule has 0 saturated heterocycles. The highest BCUT2D eigenvalue weighted by molar-refractivity contribution is 7.99. The van der Waals surface area contributed by atoms with Gasteiger partial charge >= 0.3 is 0 Å². The summed E-state index contributed by atoms with van der Waals surface area (Å²) in [5.41, 5.74) is 3.58. The quantitative estimate of drug-likeness (QED) is 0.674. The van der Waals surface area contributed by atoms with Crippen LogP contribution in [0.5, 0.6) is 0 Å². The van der Waals surface area contributed by atoms with Crippen LogP contribution in [0.15, 0.2) is 58.3 Å². The van der Waals surface area contributed by atoms with Gasteiger partial charge in [-0.05, 0) is 49.9 Å². The minimum absolute atomic E-state index is 0.0213. The number of benzene rings is 1. The fraction of sp³-hybridized carbons (Fsp3) is 0.300. The Labute approximate surface area is 156 Å². The Morgan fingerprint density at radius 2 is 2.00 bits per heavy atom. The fourth-order valence-electron chi connectivity index (χ4n) is 3.24. The van der Waals surface area contributed by atoms with Crippen molar-refractivity contribution >= 4 is 17.7 Å². The molecule has 0 saturated carbocycles. The zero-order valence-corrected chi connectivity index (χ0v) is 15.3. The Bertz CT molecular complexity index is 872. The van der Waals surface area contributed by atoms with Crippen molar-refractivity contribution in [3.8, 4) is 5.69 Å². The van der Waals surface area contributed by atoms with Crippen molar-refractivity contribution in [2.24, 2.45) is 0 Å². The molecule has 3 aromatic rings. The summed E-state index contributed by atoms with van der Waals surface area (Å²) < 4.78 is 7.46. The van der Waals surface area contributed by atoms with E-state index >= 15 is 0 Å². The van der Waals surface area contributed by atoms with Gasteiger partial charge in [-0.25, -0.2) is 4.98 Å². The number of nitrogens with one attached hydrogen (secondary N) is 1. The third kappa shape index (κ3) is 3.70. The van der Waals surface area contributed by atoms with Gasteiger partial charge in [-0.1, -0.05) is 30.0 Å². The largest absolute Gasteiger partial charge is 0.467 e. The minimum atomic E-state index is -0.0213. The van der Waals surface area contributed by atoms with Gasteiger partial charge in [0.1, 0.15) is 5.76 Å². The van der Waals surface area contributed by atoms with Crippen LogP contribution in [-0.4, -0.2) is 21.2 Å². The molecule has 0 aliphatic heterocycles. The number of imidazole rings is 1. The number of aryl methyl sites for hydroxylation is 1. The molecule has 1 N–H and O–H groups in total. The zero-order valence-electron chi connectivity index (χ0n) is 14.5. The third-order valence-electron chi connectivity index (χ3n) is 4.49. The topological polar surface area (TPSA) is 60.1 Å². The lowest BCUT2D eigenvalue weighted by Crippen LogP contribution is -2.24. The van der Waals surface area contributed by atoms with E-state index in [1.807, 2.05) is 30.3 Å². The van der Waals surface area contributed by atoms with Crippen molar-refractivity contribution in [3.05, 3.63) is 65.9 Å². The van der Waals surface area contributed by atoms with Gasteiger partial charge in [-0.3, -0.25) is 9.36 Å². The van der Waals surface area contributed by atoms with Crippen LogP contribution in [0.1, 0.15) is 30.0 Å². The SMILES string of the molecule is O=C(CSc1nc2c(n1-c1ccccc1)CCCC2)NCc1ccco1. The van der Waals surface area contributed by atoms with Gasteiger partial charge in [-0.15, -0.1) is 0 Å². The number of para-hydroxylation sites is 1. The fourth-order valence-corrected chi connectivity index (χ4v) is 4.12. The van der Waals surface area contributed by atoms with E-state index in [9.17, 15) is 4.79 Å². The molecule has 5 nitrogen and oxygen atoms in total. The first kappa shape index (κ1) is 17.0.